The second-order valence-electron chi connectivity index (χ2n) is 11.7. The molecule has 0 spiro atoms. The van der Waals surface area contributed by atoms with Crippen molar-refractivity contribution in [3.8, 4) is 0 Å². The molecule has 2 heteroatoms. The molecule has 2 atom stereocenters. The van der Waals surface area contributed by atoms with E-state index in [1.165, 1.54) is 56.1 Å². The molecule has 0 radical (unpaired) electrons. The van der Waals surface area contributed by atoms with Gasteiger partial charge >= 0.3 is 0 Å². The molecule has 2 rings (SSSR count). The summed E-state index contributed by atoms with van der Waals surface area (Å²) in [6.07, 6.45) is 9.45. The first-order valence-corrected chi connectivity index (χ1v) is 11.9. The lowest BCUT2D eigenvalue weighted by molar-refractivity contribution is 0.144. The normalized spacial score (nSPS) is 23.0. The molecule has 166 valence electrons. The Hall–Kier alpha value is -0.860. The molecule has 2 unspecified atom stereocenters. The average molecular weight is 401 g/mol. The highest BCUT2D eigenvalue weighted by atomic mass is 14.9. The van der Waals surface area contributed by atoms with Gasteiger partial charge in [-0.15, -0.1) is 0 Å². The first-order valence-electron chi connectivity index (χ1n) is 11.9. The van der Waals surface area contributed by atoms with Crippen molar-refractivity contribution < 1.29 is 0 Å². The fraction of sp³-hybridized carbons (Fsp3) is 0.778. The Bertz CT molecular complexity index is 605. The summed E-state index contributed by atoms with van der Waals surface area (Å²) in [5, 5.41) is 7.24. The van der Waals surface area contributed by atoms with Crippen LogP contribution in [-0.2, 0) is 0 Å². The van der Waals surface area contributed by atoms with E-state index in [9.17, 15) is 0 Å². The van der Waals surface area contributed by atoms with Crippen LogP contribution in [0.2, 0.25) is 0 Å². The van der Waals surface area contributed by atoms with E-state index >= 15 is 0 Å². The molecule has 1 aliphatic carbocycles. The Morgan fingerprint density at radius 1 is 0.897 bits per heavy atom. The Labute approximate surface area is 181 Å². The summed E-state index contributed by atoms with van der Waals surface area (Å²) in [5.74, 6) is 1.75. The highest BCUT2D eigenvalue weighted by Crippen LogP contribution is 2.42. The molecular weight excluding hydrogens is 352 g/mol. The molecule has 1 aromatic carbocycles. The number of benzene rings is 1. The van der Waals surface area contributed by atoms with Crippen molar-refractivity contribution >= 4 is 0 Å². The van der Waals surface area contributed by atoms with Gasteiger partial charge in [-0.1, -0.05) is 71.7 Å². The third kappa shape index (κ3) is 7.72. The molecule has 0 heterocycles. The predicted octanol–water partition coefficient (Wildman–Crippen LogP) is 6.89. The van der Waals surface area contributed by atoms with E-state index in [4.69, 9.17) is 0 Å². The number of hydrogen-bond acceptors (Lipinski definition) is 2. The van der Waals surface area contributed by atoms with E-state index in [0.29, 0.717) is 22.9 Å². The molecule has 1 saturated carbocycles. The summed E-state index contributed by atoms with van der Waals surface area (Å²) in [6, 6.07) is 9.99. The highest BCUT2D eigenvalue weighted by Gasteiger charge is 2.33. The molecule has 0 amide bonds. The topological polar surface area (TPSA) is 24.1 Å². The Morgan fingerprint density at radius 3 is 2.03 bits per heavy atom. The zero-order valence-electron chi connectivity index (χ0n) is 20.6. The van der Waals surface area contributed by atoms with E-state index in [1.54, 1.807) is 0 Å². The zero-order chi connectivity index (χ0) is 21.7. The summed E-state index contributed by atoms with van der Waals surface area (Å²) < 4.78 is 0. The molecule has 29 heavy (non-hydrogen) atoms. The van der Waals surface area contributed by atoms with Crippen LogP contribution in [0.1, 0.15) is 96.7 Å². The van der Waals surface area contributed by atoms with Crippen LogP contribution in [0.25, 0.3) is 0 Å². The predicted molar refractivity (Wildman–Crippen MR) is 128 cm³/mol. The van der Waals surface area contributed by atoms with Crippen LogP contribution in [0.15, 0.2) is 24.3 Å². The molecule has 1 aliphatic rings. The third-order valence-corrected chi connectivity index (χ3v) is 7.17. The van der Waals surface area contributed by atoms with Crippen molar-refractivity contribution in [3.05, 3.63) is 35.4 Å². The largest absolute Gasteiger partial charge is 0.317 e. The van der Waals surface area contributed by atoms with Gasteiger partial charge in [-0.3, -0.25) is 0 Å². The van der Waals surface area contributed by atoms with Gasteiger partial charge in [0.2, 0.25) is 0 Å². The van der Waals surface area contributed by atoms with Crippen molar-refractivity contribution in [2.24, 2.45) is 22.7 Å². The lowest BCUT2D eigenvalue weighted by Crippen LogP contribution is -2.39. The molecule has 1 aromatic rings. The van der Waals surface area contributed by atoms with Gasteiger partial charge in [0.25, 0.3) is 0 Å². The SMILES string of the molecule is CNC(CC(C)(C)CC1CCC(C(CC(C)(C)C)NC)CC1)c1ccccc1C. The van der Waals surface area contributed by atoms with Crippen molar-refractivity contribution in [2.45, 2.75) is 98.6 Å². The van der Waals surface area contributed by atoms with Gasteiger partial charge in [0, 0.05) is 12.1 Å². The maximum Gasteiger partial charge on any atom is 0.0325 e. The van der Waals surface area contributed by atoms with Gasteiger partial charge in [-0.25, -0.2) is 0 Å². The number of nitrogens with one attached hydrogen (secondary N) is 2. The molecular formula is C27H48N2. The molecule has 1 fully saturated rings. The second kappa shape index (κ2) is 10.4. The number of rotatable bonds is 9. The summed E-state index contributed by atoms with van der Waals surface area (Å²) in [6.45, 7) is 14.3. The Morgan fingerprint density at radius 2 is 1.52 bits per heavy atom. The summed E-state index contributed by atoms with van der Waals surface area (Å²) in [7, 11) is 4.28. The highest BCUT2D eigenvalue weighted by molar-refractivity contribution is 5.28. The van der Waals surface area contributed by atoms with Crippen LogP contribution in [0.5, 0.6) is 0 Å². The lowest BCUT2D eigenvalue weighted by Gasteiger charge is -2.39. The van der Waals surface area contributed by atoms with Crippen molar-refractivity contribution in [2.75, 3.05) is 14.1 Å². The maximum atomic E-state index is 3.64. The lowest BCUT2D eigenvalue weighted by atomic mass is 9.69. The molecule has 2 nitrogen and oxygen atoms in total. The van der Waals surface area contributed by atoms with Gasteiger partial charge in [0.05, 0.1) is 0 Å². The van der Waals surface area contributed by atoms with Gasteiger partial charge < -0.3 is 10.6 Å². The molecule has 0 aromatic heterocycles. The zero-order valence-corrected chi connectivity index (χ0v) is 20.6. The summed E-state index contributed by atoms with van der Waals surface area (Å²) in [5.41, 5.74) is 3.64. The third-order valence-electron chi connectivity index (χ3n) is 7.17. The van der Waals surface area contributed by atoms with Crippen LogP contribution in [0, 0.1) is 29.6 Å². The molecule has 0 bridgehead atoms. The molecule has 0 aliphatic heterocycles. The van der Waals surface area contributed by atoms with Crippen LogP contribution in [0.3, 0.4) is 0 Å². The van der Waals surface area contributed by atoms with Crippen LogP contribution < -0.4 is 10.6 Å². The minimum atomic E-state index is 0.362. The number of aryl methyl sites for hydroxylation is 1. The number of hydrogen-bond donors (Lipinski definition) is 2. The van der Waals surface area contributed by atoms with Gasteiger partial charge in [0.1, 0.15) is 0 Å². The van der Waals surface area contributed by atoms with Crippen LogP contribution >= 0.6 is 0 Å². The quantitative estimate of drug-likeness (QED) is 0.471. The first-order chi connectivity index (χ1) is 13.5. The monoisotopic (exact) mass is 400 g/mol. The molecule has 0 saturated heterocycles. The van der Waals surface area contributed by atoms with E-state index in [2.05, 4.69) is 90.5 Å². The Kier molecular flexibility index (Phi) is 8.79. The van der Waals surface area contributed by atoms with E-state index in [-0.39, 0.29) is 0 Å². The standard InChI is InChI=1S/C27H48N2/c1-20-11-9-10-12-23(20)25(29-8)19-27(5,6)17-21-13-15-22(16-14-21)24(28-7)18-26(2,3)4/h9-12,21-22,24-25,28-29H,13-19H2,1-8H3. The average Bonchev–Trinajstić information content (AvgIpc) is 2.64. The van der Waals surface area contributed by atoms with Gasteiger partial charge in [0.15, 0.2) is 0 Å². The van der Waals surface area contributed by atoms with Gasteiger partial charge in [-0.05, 0) is 86.9 Å². The van der Waals surface area contributed by atoms with E-state index in [1.807, 2.05) is 0 Å². The smallest absolute Gasteiger partial charge is 0.0325 e. The first kappa shape index (κ1) is 24.4. The fourth-order valence-corrected chi connectivity index (χ4v) is 5.72. The minimum Gasteiger partial charge on any atom is -0.317 e. The van der Waals surface area contributed by atoms with E-state index in [0.717, 1.165) is 11.8 Å². The molecule has 2 N–H and O–H groups in total. The van der Waals surface area contributed by atoms with Crippen molar-refractivity contribution in [1.82, 2.24) is 10.6 Å². The fourth-order valence-electron chi connectivity index (χ4n) is 5.72. The maximum absolute atomic E-state index is 3.64. The van der Waals surface area contributed by atoms with Gasteiger partial charge in [-0.2, -0.15) is 0 Å². The summed E-state index contributed by atoms with van der Waals surface area (Å²) in [4.78, 5) is 0. The van der Waals surface area contributed by atoms with Crippen molar-refractivity contribution in [3.63, 3.8) is 0 Å². The second-order valence-corrected chi connectivity index (χ2v) is 11.7. The van der Waals surface area contributed by atoms with Crippen LogP contribution in [-0.4, -0.2) is 20.1 Å². The van der Waals surface area contributed by atoms with E-state index < -0.39 is 0 Å². The summed E-state index contributed by atoms with van der Waals surface area (Å²) >= 11 is 0. The van der Waals surface area contributed by atoms with Crippen molar-refractivity contribution in [1.29, 1.82) is 0 Å². The minimum absolute atomic E-state index is 0.362. The Balaban J connectivity index is 1.90. The van der Waals surface area contributed by atoms with Crippen LogP contribution in [0.4, 0.5) is 0 Å².